The van der Waals surface area contributed by atoms with E-state index in [-0.39, 0.29) is 0 Å². The summed E-state index contributed by atoms with van der Waals surface area (Å²) in [5.74, 6) is 1.75. The second-order valence-electron chi connectivity index (χ2n) is 5.63. The summed E-state index contributed by atoms with van der Waals surface area (Å²) in [4.78, 5) is 0. The average Bonchev–Trinajstić information content (AvgIpc) is 2.29. The summed E-state index contributed by atoms with van der Waals surface area (Å²) in [5.41, 5.74) is 3.19. The molecule has 0 atom stereocenters. The molecule has 0 nitrogen and oxygen atoms in total. The molecule has 0 heteroatoms. The van der Waals surface area contributed by atoms with Gasteiger partial charge in [-0.05, 0) is 48.6 Å². The van der Waals surface area contributed by atoms with Crippen molar-refractivity contribution in [3.63, 3.8) is 0 Å². The molecule has 0 heterocycles. The van der Waals surface area contributed by atoms with Gasteiger partial charge in [0.05, 0.1) is 0 Å². The molecule has 2 aliphatic rings. The molecule has 0 unspecified atom stereocenters. The van der Waals surface area contributed by atoms with Gasteiger partial charge in [-0.25, -0.2) is 0 Å². The molecule has 3 rings (SSSR count). The van der Waals surface area contributed by atoms with Crippen molar-refractivity contribution in [2.75, 3.05) is 0 Å². The fourth-order valence-corrected chi connectivity index (χ4v) is 3.22. The lowest BCUT2D eigenvalue weighted by Crippen LogP contribution is -2.09. The zero-order chi connectivity index (χ0) is 10.8. The van der Waals surface area contributed by atoms with E-state index in [0.717, 1.165) is 11.8 Å². The average molecular weight is 214 g/mol. The van der Waals surface area contributed by atoms with Crippen LogP contribution in [0.1, 0.15) is 74.3 Å². The Labute approximate surface area is 99.1 Å². The molecule has 1 aromatic carbocycles. The van der Waals surface area contributed by atoms with Crippen molar-refractivity contribution in [1.82, 2.24) is 0 Å². The third-order valence-electron chi connectivity index (χ3n) is 4.59. The van der Waals surface area contributed by atoms with E-state index < -0.39 is 0 Å². The zero-order valence-electron chi connectivity index (χ0n) is 10.1. The highest BCUT2D eigenvalue weighted by atomic mass is 14.3. The first kappa shape index (κ1) is 10.4. The Morgan fingerprint density at radius 2 is 1.00 bits per heavy atom. The van der Waals surface area contributed by atoms with Crippen LogP contribution in [0.5, 0.6) is 0 Å². The van der Waals surface area contributed by atoms with Gasteiger partial charge < -0.3 is 0 Å². The van der Waals surface area contributed by atoms with Crippen LogP contribution in [0, 0.1) is 0 Å². The Balaban J connectivity index is 1.70. The molecule has 0 amide bonds. The lowest BCUT2D eigenvalue weighted by atomic mass is 9.78. The predicted molar refractivity (Wildman–Crippen MR) is 68.9 cm³/mol. The second kappa shape index (κ2) is 4.61. The van der Waals surface area contributed by atoms with E-state index in [4.69, 9.17) is 0 Å². The van der Waals surface area contributed by atoms with Gasteiger partial charge >= 0.3 is 0 Å². The standard InChI is InChI=1S/C16H22/c1-2-5-13(6-3-1)15-9-11-16(12-10-15)14-7-4-8-14/h9-14H,1-8H2. The smallest absolute Gasteiger partial charge is 0.0162 e. The normalized spacial score (nSPS) is 23.0. The fraction of sp³-hybridized carbons (Fsp3) is 0.625. The molecule has 1 aromatic rings. The molecule has 2 fully saturated rings. The maximum Gasteiger partial charge on any atom is -0.0162 e. The molecule has 0 radical (unpaired) electrons. The fourth-order valence-electron chi connectivity index (χ4n) is 3.22. The molecule has 2 saturated carbocycles. The minimum atomic E-state index is 0.865. The van der Waals surface area contributed by atoms with Gasteiger partial charge in [-0.1, -0.05) is 49.9 Å². The Bertz CT molecular complexity index is 326. The Kier molecular flexibility index (Phi) is 2.99. The van der Waals surface area contributed by atoms with E-state index in [9.17, 15) is 0 Å². The van der Waals surface area contributed by atoms with E-state index in [2.05, 4.69) is 24.3 Å². The van der Waals surface area contributed by atoms with Gasteiger partial charge in [-0.15, -0.1) is 0 Å². The minimum absolute atomic E-state index is 0.865. The van der Waals surface area contributed by atoms with Crippen LogP contribution in [0.25, 0.3) is 0 Å². The summed E-state index contributed by atoms with van der Waals surface area (Å²) < 4.78 is 0. The monoisotopic (exact) mass is 214 g/mol. The van der Waals surface area contributed by atoms with Gasteiger partial charge in [0.1, 0.15) is 0 Å². The Morgan fingerprint density at radius 1 is 0.562 bits per heavy atom. The van der Waals surface area contributed by atoms with E-state index in [1.807, 2.05) is 0 Å². The van der Waals surface area contributed by atoms with Gasteiger partial charge in [0.15, 0.2) is 0 Å². The van der Waals surface area contributed by atoms with E-state index in [1.54, 1.807) is 11.1 Å². The maximum atomic E-state index is 2.41. The largest absolute Gasteiger partial charge is 0.0585 e. The second-order valence-corrected chi connectivity index (χ2v) is 5.63. The van der Waals surface area contributed by atoms with Crippen LogP contribution >= 0.6 is 0 Å². The predicted octanol–water partition coefficient (Wildman–Crippen LogP) is 5.00. The molecule has 0 bridgehead atoms. The van der Waals surface area contributed by atoms with Gasteiger partial charge in [0.2, 0.25) is 0 Å². The van der Waals surface area contributed by atoms with Crippen LogP contribution in [0.2, 0.25) is 0 Å². The summed E-state index contributed by atoms with van der Waals surface area (Å²) in [6, 6.07) is 9.61. The van der Waals surface area contributed by atoms with Gasteiger partial charge in [0.25, 0.3) is 0 Å². The molecule has 86 valence electrons. The number of benzene rings is 1. The zero-order valence-corrected chi connectivity index (χ0v) is 10.1. The first-order chi connectivity index (χ1) is 7.93. The molecule has 0 aliphatic heterocycles. The minimum Gasteiger partial charge on any atom is -0.0585 e. The SMILES string of the molecule is c1cc(C2CCC2)ccc1C1CCCCC1. The van der Waals surface area contributed by atoms with Gasteiger partial charge in [-0.3, -0.25) is 0 Å². The van der Waals surface area contributed by atoms with Crippen LogP contribution in [0.15, 0.2) is 24.3 Å². The summed E-state index contributed by atoms with van der Waals surface area (Å²) in [6.45, 7) is 0. The van der Waals surface area contributed by atoms with Crippen molar-refractivity contribution in [1.29, 1.82) is 0 Å². The van der Waals surface area contributed by atoms with Crippen LogP contribution in [0.4, 0.5) is 0 Å². The van der Waals surface area contributed by atoms with Crippen molar-refractivity contribution in [3.05, 3.63) is 35.4 Å². The van der Waals surface area contributed by atoms with E-state index in [0.29, 0.717) is 0 Å². The van der Waals surface area contributed by atoms with Crippen molar-refractivity contribution < 1.29 is 0 Å². The highest BCUT2D eigenvalue weighted by molar-refractivity contribution is 5.28. The van der Waals surface area contributed by atoms with Crippen molar-refractivity contribution in [3.8, 4) is 0 Å². The quantitative estimate of drug-likeness (QED) is 0.649. The van der Waals surface area contributed by atoms with Crippen LogP contribution < -0.4 is 0 Å². The molecular weight excluding hydrogens is 192 g/mol. The first-order valence-corrected chi connectivity index (χ1v) is 7.03. The molecule has 0 N–H and O–H groups in total. The molecule has 2 aliphatic carbocycles. The lowest BCUT2D eigenvalue weighted by molar-refractivity contribution is 0.419. The Morgan fingerprint density at radius 3 is 1.38 bits per heavy atom. The van der Waals surface area contributed by atoms with Gasteiger partial charge in [-0.2, -0.15) is 0 Å². The highest BCUT2D eigenvalue weighted by Crippen LogP contribution is 2.38. The summed E-state index contributed by atoms with van der Waals surface area (Å²) >= 11 is 0. The lowest BCUT2D eigenvalue weighted by Gasteiger charge is -2.27. The number of rotatable bonds is 2. The summed E-state index contributed by atoms with van der Waals surface area (Å²) in [7, 11) is 0. The van der Waals surface area contributed by atoms with Crippen LogP contribution in [-0.4, -0.2) is 0 Å². The van der Waals surface area contributed by atoms with E-state index in [1.165, 1.54) is 51.4 Å². The molecular formula is C16H22. The highest BCUT2D eigenvalue weighted by Gasteiger charge is 2.20. The molecule has 0 saturated heterocycles. The van der Waals surface area contributed by atoms with Crippen molar-refractivity contribution >= 4 is 0 Å². The first-order valence-electron chi connectivity index (χ1n) is 7.03. The maximum absolute atomic E-state index is 2.41. The molecule has 0 spiro atoms. The summed E-state index contributed by atoms with van der Waals surface area (Å²) in [5, 5.41) is 0. The third-order valence-corrected chi connectivity index (χ3v) is 4.59. The topological polar surface area (TPSA) is 0 Å². The Hall–Kier alpha value is -0.780. The third kappa shape index (κ3) is 2.03. The van der Waals surface area contributed by atoms with Crippen LogP contribution in [-0.2, 0) is 0 Å². The van der Waals surface area contributed by atoms with E-state index >= 15 is 0 Å². The number of hydrogen-bond donors (Lipinski definition) is 0. The molecule has 0 aromatic heterocycles. The van der Waals surface area contributed by atoms with Gasteiger partial charge in [0, 0.05) is 0 Å². The van der Waals surface area contributed by atoms with Crippen molar-refractivity contribution in [2.45, 2.75) is 63.2 Å². The van der Waals surface area contributed by atoms with Crippen LogP contribution in [0.3, 0.4) is 0 Å². The number of hydrogen-bond acceptors (Lipinski definition) is 0. The summed E-state index contributed by atoms with van der Waals surface area (Å²) in [6.07, 6.45) is 11.5. The molecule has 16 heavy (non-hydrogen) atoms. The van der Waals surface area contributed by atoms with Crippen molar-refractivity contribution in [2.24, 2.45) is 0 Å².